The molecule has 4 rings (SSSR count). The Bertz CT molecular complexity index is 1340. The summed E-state index contributed by atoms with van der Waals surface area (Å²) in [5.41, 5.74) is 2.87. The van der Waals surface area contributed by atoms with E-state index in [9.17, 15) is 13.2 Å². The molecule has 0 saturated carbocycles. The number of hydrogen-bond acceptors (Lipinski definition) is 6. The summed E-state index contributed by atoms with van der Waals surface area (Å²) in [6, 6.07) is 20.4. The molecule has 0 atom stereocenters. The van der Waals surface area contributed by atoms with Crippen LogP contribution in [-0.4, -0.2) is 19.3 Å². The van der Waals surface area contributed by atoms with Crippen LogP contribution in [-0.2, 0) is 10.0 Å². The molecule has 0 spiro atoms. The van der Waals surface area contributed by atoms with Crippen LogP contribution in [0.1, 0.15) is 10.6 Å². The van der Waals surface area contributed by atoms with Crippen molar-refractivity contribution in [3.05, 3.63) is 91.0 Å². The number of hydrogen-bond donors (Lipinski definition) is 3. The topological polar surface area (TPSA) is 127 Å². The number of benzene rings is 2. The maximum absolute atomic E-state index is 12.2. The van der Waals surface area contributed by atoms with Gasteiger partial charge in [-0.05, 0) is 65.7 Å². The van der Waals surface area contributed by atoms with E-state index in [1.807, 2.05) is 30.3 Å². The predicted octanol–water partition coefficient (Wildman–Crippen LogP) is 3.98. The van der Waals surface area contributed by atoms with Gasteiger partial charge in [0.1, 0.15) is 5.82 Å². The zero-order chi connectivity index (χ0) is 21.8. The molecule has 0 aliphatic carbocycles. The van der Waals surface area contributed by atoms with Crippen molar-refractivity contribution < 1.29 is 17.6 Å². The Balaban J connectivity index is 1.55. The van der Waals surface area contributed by atoms with Crippen molar-refractivity contribution in [1.82, 2.24) is 4.98 Å². The lowest BCUT2D eigenvalue weighted by Gasteiger charge is -2.10. The largest absolute Gasteiger partial charge is 0.459 e. The molecule has 2 aromatic heterocycles. The zero-order valence-electron chi connectivity index (χ0n) is 16.1. The molecule has 2 heterocycles. The fourth-order valence-corrected chi connectivity index (χ4v) is 3.51. The number of amides is 1. The molecule has 4 aromatic rings. The molecule has 1 amide bonds. The lowest BCUT2D eigenvalue weighted by atomic mass is 10.1. The van der Waals surface area contributed by atoms with Gasteiger partial charge in [0.05, 0.1) is 11.2 Å². The quantitative estimate of drug-likeness (QED) is 0.421. The highest BCUT2D eigenvalue weighted by molar-refractivity contribution is 7.89. The van der Waals surface area contributed by atoms with Gasteiger partial charge in [-0.25, -0.2) is 18.5 Å². The maximum Gasteiger partial charge on any atom is 0.291 e. The average molecular weight is 434 g/mol. The Morgan fingerprint density at radius 3 is 2.45 bits per heavy atom. The van der Waals surface area contributed by atoms with Crippen molar-refractivity contribution in [2.24, 2.45) is 5.14 Å². The van der Waals surface area contributed by atoms with Crippen LogP contribution >= 0.6 is 0 Å². The van der Waals surface area contributed by atoms with Crippen molar-refractivity contribution in [1.29, 1.82) is 0 Å². The van der Waals surface area contributed by atoms with Gasteiger partial charge in [0.2, 0.25) is 10.0 Å². The van der Waals surface area contributed by atoms with Crippen LogP contribution < -0.4 is 15.8 Å². The van der Waals surface area contributed by atoms with E-state index in [-0.39, 0.29) is 16.6 Å². The van der Waals surface area contributed by atoms with E-state index >= 15 is 0 Å². The lowest BCUT2D eigenvalue weighted by molar-refractivity contribution is 0.0996. The van der Waals surface area contributed by atoms with E-state index < -0.39 is 10.0 Å². The maximum atomic E-state index is 12.2. The number of nitrogens with two attached hydrogens (primary N) is 1. The average Bonchev–Trinajstić information content (AvgIpc) is 3.29. The second kappa shape index (κ2) is 8.42. The molecule has 8 nitrogen and oxygen atoms in total. The minimum Gasteiger partial charge on any atom is -0.459 e. The molecule has 2 aromatic carbocycles. The van der Waals surface area contributed by atoms with Gasteiger partial charge in [-0.1, -0.05) is 18.2 Å². The molecule has 0 saturated heterocycles. The normalized spacial score (nSPS) is 11.1. The first-order valence-electron chi connectivity index (χ1n) is 9.20. The number of nitrogens with one attached hydrogen (secondary N) is 2. The Morgan fingerprint density at radius 2 is 1.68 bits per heavy atom. The smallest absolute Gasteiger partial charge is 0.291 e. The molecular formula is C22H18N4O4S. The molecule has 4 N–H and O–H groups in total. The molecule has 9 heteroatoms. The number of carbonyl (C=O) groups excluding carboxylic acids is 1. The van der Waals surface area contributed by atoms with Gasteiger partial charge >= 0.3 is 0 Å². The Labute approximate surface area is 178 Å². The van der Waals surface area contributed by atoms with Crippen molar-refractivity contribution in [3.8, 4) is 11.1 Å². The zero-order valence-corrected chi connectivity index (χ0v) is 17.0. The Hall–Kier alpha value is -3.95. The molecule has 31 heavy (non-hydrogen) atoms. The van der Waals surface area contributed by atoms with Gasteiger partial charge in [-0.2, -0.15) is 0 Å². The van der Waals surface area contributed by atoms with Gasteiger partial charge in [-0.3, -0.25) is 4.79 Å². The SMILES string of the molecule is NS(=O)(=O)c1cccc(Nc2cc(-c3cccc(NC(=O)c4ccco4)c3)ccn2)c1. The van der Waals surface area contributed by atoms with Gasteiger partial charge in [-0.15, -0.1) is 0 Å². The number of primary sulfonamides is 1. The van der Waals surface area contributed by atoms with Crippen LogP contribution in [0.3, 0.4) is 0 Å². The van der Waals surface area contributed by atoms with E-state index in [0.29, 0.717) is 17.2 Å². The summed E-state index contributed by atoms with van der Waals surface area (Å²) < 4.78 is 28.2. The van der Waals surface area contributed by atoms with E-state index in [0.717, 1.165) is 11.1 Å². The number of anilines is 3. The third-order valence-electron chi connectivity index (χ3n) is 4.39. The Kier molecular flexibility index (Phi) is 5.52. The van der Waals surface area contributed by atoms with E-state index in [4.69, 9.17) is 9.56 Å². The first-order chi connectivity index (χ1) is 14.9. The molecule has 0 unspecified atom stereocenters. The molecule has 0 aliphatic heterocycles. The van der Waals surface area contributed by atoms with Crippen LogP contribution in [0.2, 0.25) is 0 Å². The third kappa shape index (κ3) is 4.97. The van der Waals surface area contributed by atoms with E-state index in [2.05, 4.69) is 15.6 Å². The first-order valence-corrected chi connectivity index (χ1v) is 10.7. The van der Waals surface area contributed by atoms with Gasteiger partial charge < -0.3 is 15.1 Å². The Morgan fingerprint density at radius 1 is 0.903 bits per heavy atom. The minimum absolute atomic E-state index is 0.00801. The fraction of sp³-hybridized carbons (Fsp3) is 0. The number of pyridine rings is 1. The fourth-order valence-electron chi connectivity index (χ4n) is 2.95. The molecule has 0 bridgehead atoms. The van der Waals surface area contributed by atoms with Crippen LogP contribution in [0.5, 0.6) is 0 Å². The number of rotatable bonds is 6. The molecule has 0 fully saturated rings. The van der Waals surface area contributed by atoms with E-state index in [1.54, 1.807) is 36.5 Å². The van der Waals surface area contributed by atoms with Crippen molar-refractivity contribution in [3.63, 3.8) is 0 Å². The van der Waals surface area contributed by atoms with Crippen LogP contribution in [0.25, 0.3) is 11.1 Å². The minimum atomic E-state index is -3.80. The molecular weight excluding hydrogens is 416 g/mol. The van der Waals surface area contributed by atoms with Crippen molar-refractivity contribution >= 4 is 33.1 Å². The number of furan rings is 1. The molecule has 0 radical (unpaired) electrons. The van der Waals surface area contributed by atoms with Crippen LogP contribution in [0, 0.1) is 0 Å². The van der Waals surface area contributed by atoms with E-state index in [1.165, 1.54) is 18.4 Å². The third-order valence-corrected chi connectivity index (χ3v) is 5.30. The van der Waals surface area contributed by atoms with Gasteiger partial charge in [0, 0.05) is 17.6 Å². The number of carbonyl (C=O) groups is 1. The highest BCUT2D eigenvalue weighted by Gasteiger charge is 2.10. The summed E-state index contributed by atoms with van der Waals surface area (Å²) in [7, 11) is -3.80. The van der Waals surface area contributed by atoms with Crippen LogP contribution in [0.15, 0.2) is 94.6 Å². The summed E-state index contributed by atoms with van der Waals surface area (Å²) in [6.45, 7) is 0. The second-order valence-electron chi connectivity index (χ2n) is 6.64. The van der Waals surface area contributed by atoms with Gasteiger partial charge in [0.15, 0.2) is 5.76 Å². The predicted molar refractivity (Wildman–Crippen MR) is 117 cm³/mol. The summed E-state index contributed by atoms with van der Waals surface area (Å²) in [6.07, 6.45) is 3.07. The summed E-state index contributed by atoms with van der Waals surface area (Å²) in [5.74, 6) is 0.408. The summed E-state index contributed by atoms with van der Waals surface area (Å²) >= 11 is 0. The molecule has 156 valence electrons. The molecule has 0 aliphatic rings. The monoisotopic (exact) mass is 434 g/mol. The van der Waals surface area contributed by atoms with Crippen molar-refractivity contribution in [2.45, 2.75) is 4.90 Å². The van der Waals surface area contributed by atoms with Crippen molar-refractivity contribution in [2.75, 3.05) is 10.6 Å². The second-order valence-corrected chi connectivity index (χ2v) is 8.20. The first kappa shape index (κ1) is 20.3. The lowest BCUT2D eigenvalue weighted by Crippen LogP contribution is -2.12. The number of aromatic nitrogens is 1. The van der Waals surface area contributed by atoms with Gasteiger partial charge in [0.25, 0.3) is 5.91 Å². The number of sulfonamides is 1. The summed E-state index contributed by atoms with van der Waals surface area (Å²) in [4.78, 5) is 16.5. The van der Waals surface area contributed by atoms with Crippen LogP contribution in [0.4, 0.5) is 17.2 Å². The number of nitrogens with zero attached hydrogens (tertiary/aromatic N) is 1. The summed E-state index contributed by atoms with van der Waals surface area (Å²) in [5, 5.41) is 11.1. The highest BCUT2D eigenvalue weighted by atomic mass is 32.2. The standard InChI is InChI=1S/C22H18N4O4S/c23-31(28,29)19-7-2-6-18(14-19)25-21-13-16(9-10-24-21)15-4-1-5-17(12-15)26-22(27)20-8-3-11-30-20/h1-14H,(H,24,25)(H,26,27)(H2,23,28,29). The highest BCUT2D eigenvalue weighted by Crippen LogP contribution is 2.26.